The van der Waals surface area contributed by atoms with Crippen LogP contribution in [0.3, 0.4) is 0 Å². The minimum absolute atomic E-state index is 0.904. The van der Waals surface area contributed by atoms with Crippen molar-refractivity contribution in [2.24, 2.45) is 0 Å². The van der Waals surface area contributed by atoms with E-state index in [0.717, 1.165) is 26.1 Å². The molecule has 0 aliphatic heterocycles. The number of unbranched alkanes of at least 4 members (excludes halogenated alkanes) is 10. The molecule has 1 nitrogen and oxygen atoms in total. The van der Waals surface area contributed by atoms with Gasteiger partial charge in [0.25, 0.3) is 0 Å². The van der Waals surface area contributed by atoms with Crippen molar-refractivity contribution in [1.29, 1.82) is 0 Å². The van der Waals surface area contributed by atoms with Crippen molar-refractivity contribution in [2.75, 3.05) is 13.2 Å². The van der Waals surface area contributed by atoms with Crippen LogP contribution in [0.2, 0.25) is 0 Å². The van der Waals surface area contributed by atoms with Crippen LogP contribution in [0.5, 0.6) is 0 Å². The van der Waals surface area contributed by atoms with Gasteiger partial charge >= 0.3 is 0 Å². The van der Waals surface area contributed by atoms with E-state index in [0.29, 0.717) is 0 Å². The lowest BCUT2D eigenvalue weighted by Gasteiger charge is -2.03. The Kier molecular flexibility index (Phi) is 15.9. The van der Waals surface area contributed by atoms with Crippen LogP contribution < -0.4 is 0 Å². The fraction of sp³-hybridized carbons (Fsp3) is 0.938. The third-order valence-corrected chi connectivity index (χ3v) is 3.18. The summed E-state index contributed by atoms with van der Waals surface area (Å²) in [6, 6.07) is 0. The molecule has 0 saturated carbocycles. The van der Waals surface area contributed by atoms with Crippen molar-refractivity contribution in [2.45, 2.75) is 84.0 Å². The summed E-state index contributed by atoms with van der Waals surface area (Å²) in [4.78, 5) is 0. The maximum atomic E-state index is 5.51. The predicted molar refractivity (Wildman–Crippen MR) is 77.3 cm³/mol. The van der Waals surface area contributed by atoms with Crippen molar-refractivity contribution in [3.8, 4) is 0 Å². The number of hydrogen-bond donors (Lipinski definition) is 0. The summed E-state index contributed by atoms with van der Waals surface area (Å²) in [5.74, 6) is 0. The summed E-state index contributed by atoms with van der Waals surface area (Å²) in [6.45, 7) is 7.94. The third kappa shape index (κ3) is 16.0. The molecule has 0 heterocycles. The Bertz CT molecular complexity index is 109. The van der Waals surface area contributed by atoms with Gasteiger partial charge in [0.15, 0.2) is 0 Å². The van der Waals surface area contributed by atoms with Crippen molar-refractivity contribution in [3.63, 3.8) is 0 Å². The summed E-state index contributed by atoms with van der Waals surface area (Å²) in [5.41, 5.74) is 0. The average molecular weight is 241 g/mol. The third-order valence-electron chi connectivity index (χ3n) is 3.18. The molecule has 1 radical (unpaired) electrons. The van der Waals surface area contributed by atoms with Gasteiger partial charge in [0.1, 0.15) is 0 Å². The van der Waals surface area contributed by atoms with E-state index >= 15 is 0 Å². The summed E-state index contributed by atoms with van der Waals surface area (Å²) in [6.07, 6.45) is 16.1. The van der Waals surface area contributed by atoms with Crippen LogP contribution in [-0.4, -0.2) is 13.2 Å². The van der Waals surface area contributed by atoms with E-state index in [9.17, 15) is 0 Å². The molecule has 0 spiro atoms. The molecular formula is C16H33O. The van der Waals surface area contributed by atoms with Crippen molar-refractivity contribution < 1.29 is 4.74 Å². The molecular weight excluding hydrogens is 208 g/mol. The summed E-state index contributed by atoms with van der Waals surface area (Å²) in [5, 5.41) is 0. The molecule has 0 rings (SSSR count). The van der Waals surface area contributed by atoms with Crippen LogP contribution >= 0.6 is 0 Å². The maximum absolute atomic E-state index is 5.51. The molecule has 0 aromatic carbocycles. The van der Waals surface area contributed by atoms with Gasteiger partial charge in [-0.3, -0.25) is 0 Å². The molecule has 0 unspecified atom stereocenters. The molecule has 0 aromatic heterocycles. The molecule has 1 heteroatoms. The molecule has 0 amide bonds. The van der Waals surface area contributed by atoms with E-state index < -0.39 is 0 Å². The van der Waals surface area contributed by atoms with Gasteiger partial charge in [0.05, 0.1) is 0 Å². The molecule has 17 heavy (non-hydrogen) atoms. The fourth-order valence-electron chi connectivity index (χ4n) is 2.00. The van der Waals surface area contributed by atoms with Crippen molar-refractivity contribution >= 4 is 0 Å². The molecule has 0 aliphatic rings. The molecule has 0 bridgehead atoms. The summed E-state index contributed by atoms with van der Waals surface area (Å²) in [7, 11) is 0. The van der Waals surface area contributed by atoms with Gasteiger partial charge < -0.3 is 4.74 Å². The molecule has 0 N–H and O–H groups in total. The van der Waals surface area contributed by atoms with E-state index in [-0.39, 0.29) is 0 Å². The van der Waals surface area contributed by atoms with Crippen molar-refractivity contribution in [1.82, 2.24) is 0 Å². The molecule has 0 aromatic rings. The molecule has 0 aliphatic carbocycles. The van der Waals surface area contributed by atoms with Crippen LogP contribution in [0.15, 0.2) is 0 Å². The minimum Gasteiger partial charge on any atom is -0.381 e. The van der Waals surface area contributed by atoms with Crippen LogP contribution in [-0.2, 0) is 4.74 Å². The van der Waals surface area contributed by atoms with Gasteiger partial charge in [-0.2, -0.15) is 0 Å². The second-order valence-electron chi connectivity index (χ2n) is 5.00. The highest BCUT2D eigenvalue weighted by Gasteiger charge is 1.93. The largest absolute Gasteiger partial charge is 0.381 e. The lowest BCUT2D eigenvalue weighted by atomic mass is 10.1. The monoisotopic (exact) mass is 241 g/mol. The van der Waals surface area contributed by atoms with Gasteiger partial charge in [0, 0.05) is 13.2 Å². The van der Waals surface area contributed by atoms with Gasteiger partial charge in [0.2, 0.25) is 0 Å². The highest BCUT2D eigenvalue weighted by molar-refractivity contribution is 4.47. The Balaban J connectivity index is 2.85. The van der Waals surface area contributed by atoms with E-state index in [4.69, 9.17) is 4.74 Å². The Morgan fingerprint density at radius 3 is 1.65 bits per heavy atom. The number of rotatable bonds is 14. The Morgan fingerprint density at radius 2 is 1.12 bits per heavy atom. The lowest BCUT2D eigenvalue weighted by Crippen LogP contribution is -1.96. The smallest absolute Gasteiger partial charge is 0.0466 e. The average Bonchev–Trinajstić information content (AvgIpc) is 2.35. The SMILES string of the molecule is [CH2]CCCOCCCCCCCCCCCC. The first-order valence-electron chi connectivity index (χ1n) is 7.78. The quantitative estimate of drug-likeness (QED) is 0.363. The number of ether oxygens (including phenoxy) is 1. The zero-order valence-electron chi connectivity index (χ0n) is 12.0. The van der Waals surface area contributed by atoms with Gasteiger partial charge in [-0.05, 0) is 12.8 Å². The first-order chi connectivity index (χ1) is 8.41. The highest BCUT2D eigenvalue weighted by Crippen LogP contribution is 2.10. The van der Waals surface area contributed by atoms with Crippen LogP contribution in [0.4, 0.5) is 0 Å². The predicted octanol–water partition coefficient (Wildman–Crippen LogP) is 5.54. The zero-order valence-corrected chi connectivity index (χ0v) is 12.0. The van der Waals surface area contributed by atoms with Crippen LogP contribution in [0.25, 0.3) is 0 Å². The second kappa shape index (κ2) is 16.0. The Morgan fingerprint density at radius 1 is 0.647 bits per heavy atom. The number of hydrogen-bond acceptors (Lipinski definition) is 1. The molecule has 0 fully saturated rings. The Hall–Kier alpha value is -0.0400. The minimum atomic E-state index is 0.904. The lowest BCUT2D eigenvalue weighted by molar-refractivity contribution is 0.128. The topological polar surface area (TPSA) is 9.23 Å². The summed E-state index contributed by atoms with van der Waals surface area (Å²) >= 11 is 0. The highest BCUT2D eigenvalue weighted by atomic mass is 16.5. The molecule has 0 atom stereocenters. The molecule has 0 saturated heterocycles. The van der Waals surface area contributed by atoms with E-state index in [2.05, 4.69) is 13.8 Å². The van der Waals surface area contributed by atoms with Crippen LogP contribution in [0.1, 0.15) is 84.0 Å². The van der Waals surface area contributed by atoms with Gasteiger partial charge in [-0.15, -0.1) is 0 Å². The van der Waals surface area contributed by atoms with E-state index in [1.165, 1.54) is 64.2 Å². The first-order valence-corrected chi connectivity index (χ1v) is 7.78. The van der Waals surface area contributed by atoms with Crippen LogP contribution in [0, 0.1) is 6.92 Å². The molecule has 103 valence electrons. The van der Waals surface area contributed by atoms with E-state index in [1.54, 1.807) is 0 Å². The normalized spacial score (nSPS) is 10.9. The van der Waals surface area contributed by atoms with Gasteiger partial charge in [-0.25, -0.2) is 0 Å². The summed E-state index contributed by atoms with van der Waals surface area (Å²) < 4.78 is 5.51. The van der Waals surface area contributed by atoms with Crippen molar-refractivity contribution in [3.05, 3.63) is 6.92 Å². The van der Waals surface area contributed by atoms with Gasteiger partial charge in [-0.1, -0.05) is 78.1 Å². The van der Waals surface area contributed by atoms with E-state index in [1.807, 2.05) is 0 Å². The second-order valence-corrected chi connectivity index (χ2v) is 5.00. The maximum Gasteiger partial charge on any atom is 0.0466 e. The fourth-order valence-corrected chi connectivity index (χ4v) is 2.00. The Labute approximate surface area is 109 Å². The zero-order chi connectivity index (χ0) is 12.6. The first kappa shape index (κ1) is 17.0. The standard InChI is InChI=1S/C16H33O/c1-3-5-7-8-9-10-11-12-13-14-16-17-15-6-4-2/h2-16H2,1H3.